The number of methoxy groups -OCH3 is 1. The number of amides is 2. The number of aromatic nitrogens is 1. The van der Waals surface area contributed by atoms with Crippen LogP contribution in [0, 0.1) is 0 Å². The van der Waals surface area contributed by atoms with Gasteiger partial charge in [-0.3, -0.25) is 9.78 Å². The molecule has 0 atom stereocenters. The maximum Gasteiger partial charge on any atom is 0.428 e. The summed E-state index contributed by atoms with van der Waals surface area (Å²) >= 11 is 0. The number of hydrogen-bond acceptors (Lipinski definition) is 6. The Bertz CT molecular complexity index is 587. The Kier molecular flexibility index (Phi) is 5.51. The van der Waals surface area contributed by atoms with Crippen LogP contribution in [0.15, 0.2) is 18.3 Å². The number of ether oxygens (including phenoxy) is 2. The summed E-state index contributed by atoms with van der Waals surface area (Å²) in [5.41, 5.74) is 0.400. The number of esters is 1. The highest BCUT2D eigenvalue weighted by atomic mass is 16.6. The molecule has 2 amide bonds. The molecule has 0 aliphatic carbocycles. The Hall–Kier alpha value is -2.64. The third-order valence-corrected chi connectivity index (χ3v) is 3.31. The average Bonchev–Trinajstić information content (AvgIpc) is 3.08. The van der Waals surface area contributed by atoms with E-state index in [9.17, 15) is 14.4 Å². The van der Waals surface area contributed by atoms with Gasteiger partial charge >= 0.3 is 12.1 Å². The summed E-state index contributed by atoms with van der Waals surface area (Å²) in [6, 6.07) is 2.89. The molecule has 23 heavy (non-hydrogen) atoms. The number of carbonyl (C=O) groups excluding carboxylic acids is 3. The van der Waals surface area contributed by atoms with Gasteiger partial charge in [0, 0.05) is 19.3 Å². The van der Waals surface area contributed by atoms with Crippen molar-refractivity contribution in [1.82, 2.24) is 15.0 Å². The summed E-state index contributed by atoms with van der Waals surface area (Å²) in [6.45, 7) is 3.05. The Morgan fingerprint density at radius 2 is 1.96 bits per heavy atom. The number of rotatable bonds is 4. The lowest BCUT2D eigenvalue weighted by molar-refractivity contribution is 0.0129. The maximum atomic E-state index is 12.5. The first kappa shape index (κ1) is 16.7. The van der Waals surface area contributed by atoms with Gasteiger partial charge in [-0.05, 0) is 25.0 Å². The van der Waals surface area contributed by atoms with Crippen LogP contribution < -0.4 is 0 Å². The van der Waals surface area contributed by atoms with Crippen LogP contribution in [0.1, 0.15) is 40.6 Å². The van der Waals surface area contributed by atoms with Crippen LogP contribution in [0.3, 0.4) is 0 Å². The van der Waals surface area contributed by atoms with E-state index in [0.717, 1.165) is 0 Å². The molecule has 0 N–H and O–H groups in total. The molecule has 8 nitrogen and oxygen atoms in total. The van der Waals surface area contributed by atoms with Crippen molar-refractivity contribution < 1.29 is 23.9 Å². The van der Waals surface area contributed by atoms with Gasteiger partial charge in [0.15, 0.2) is 0 Å². The number of nitrogens with zero attached hydrogens (tertiary/aromatic N) is 3. The van der Waals surface area contributed by atoms with Crippen LogP contribution in [0.2, 0.25) is 0 Å². The Labute approximate surface area is 133 Å². The summed E-state index contributed by atoms with van der Waals surface area (Å²) in [5.74, 6) is -0.935. The SMILES string of the molecule is CCCOC(=O)N1CCCN1C(=O)c1ccc(C(=O)OC)cn1. The van der Waals surface area contributed by atoms with Crippen molar-refractivity contribution in [2.75, 3.05) is 26.8 Å². The lowest BCUT2D eigenvalue weighted by Crippen LogP contribution is -2.45. The lowest BCUT2D eigenvalue weighted by Gasteiger charge is -2.26. The first-order valence-corrected chi connectivity index (χ1v) is 7.39. The molecule has 2 heterocycles. The van der Waals surface area contributed by atoms with E-state index in [1.165, 1.54) is 35.5 Å². The topological polar surface area (TPSA) is 89.0 Å². The van der Waals surface area contributed by atoms with Crippen LogP contribution in [-0.2, 0) is 9.47 Å². The molecule has 1 aliphatic rings. The van der Waals surface area contributed by atoms with Gasteiger partial charge in [-0.1, -0.05) is 6.92 Å². The molecule has 2 rings (SSSR count). The monoisotopic (exact) mass is 321 g/mol. The minimum absolute atomic E-state index is 0.146. The number of carbonyl (C=O) groups is 3. The summed E-state index contributed by atoms with van der Waals surface area (Å²) in [6.07, 6.45) is 2.12. The lowest BCUT2D eigenvalue weighted by atomic mass is 10.2. The molecule has 8 heteroatoms. The second-order valence-corrected chi connectivity index (χ2v) is 4.94. The third kappa shape index (κ3) is 3.77. The predicted octanol–water partition coefficient (Wildman–Crippen LogP) is 1.48. The van der Waals surface area contributed by atoms with Gasteiger partial charge in [0.25, 0.3) is 5.91 Å². The van der Waals surface area contributed by atoms with Gasteiger partial charge in [0.2, 0.25) is 0 Å². The highest BCUT2D eigenvalue weighted by Gasteiger charge is 2.32. The van der Waals surface area contributed by atoms with Crippen molar-refractivity contribution in [3.63, 3.8) is 0 Å². The highest BCUT2D eigenvalue weighted by molar-refractivity contribution is 5.95. The Balaban J connectivity index is 2.09. The van der Waals surface area contributed by atoms with E-state index in [-0.39, 0.29) is 11.3 Å². The number of pyridine rings is 1. The molecular weight excluding hydrogens is 302 g/mol. The zero-order valence-electron chi connectivity index (χ0n) is 13.2. The van der Waals surface area contributed by atoms with E-state index < -0.39 is 18.0 Å². The fourth-order valence-electron chi connectivity index (χ4n) is 2.17. The van der Waals surface area contributed by atoms with Crippen LogP contribution in [0.4, 0.5) is 4.79 Å². The summed E-state index contributed by atoms with van der Waals surface area (Å²) in [5, 5.41) is 2.60. The maximum absolute atomic E-state index is 12.5. The van der Waals surface area contributed by atoms with Crippen molar-refractivity contribution in [2.45, 2.75) is 19.8 Å². The van der Waals surface area contributed by atoms with E-state index in [1.807, 2.05) is 6.92 Å². The average molecular weight is 321 g/mol. The number of hydrazine groups is 1. The largest absolute Gasteiger partial charge is 0.465 e. The molecule has 0 unspecified atom stereocenters. The quantitative estimate of drug-likeness (QED) is 0.780. The molecule has 1 aromatic heterocycles. The molecule has 1 aliphatic heterocycles. The van der Waals surface area contributed by atoms with Gasteiger partial charge in [-0.25, -0.2) is 19.6 Å². The third-order valence-electron chi connectivity index (χ3n) is 3.31. The molecular formula is C15H19N3O5. The molecule has 0 saturated carbocycles. The van der Waals surface area contributed by atoms with Gasteiger partial charge < -0.3 is 9.47 Å². The van der Waals surface area contributed by atoms with Crippen LogP contribution in [0.25, 0.3) is 0 Å². The molecule has 0 spiro atoms. The van der Waals surface area contributed by atoms with E-state index in [2.05, 4.69) is 9.72 Å². The second-order valence-electron chi connectivity index (χ2n) is 4.94. The van der Waals surface area contributed by atoms with Crippen molar-refractivity contribution in [3.8, 4) is 0 Å². The summed E-state index contributed by atoms with van der Waals surface area (Å²) in [7, 11) is 1.27. The van der Waals surface area contributed by atoms with Crippen LogP contribution in [0.5, 0.6) is 0 Å². The molecule has 0 radical (unpaired) electrons. The Morgan fingerprint density at radius 1 is 1.22 bits per heavy atom. The van der Waals surface area contributed by atoms with Gasteiger partial charge in [0.1, 0.15) is 5.69 Å². The van der Waals surface area contributed by atoms with E-state index in [4.69, 9.17) is 4.74 Å². The van der Waals surface area contributed by atoms with Gasteiger partial charge in [-0.2, -0.15) is 0 Å². The fraction of sp³-hybridized carbons (Fsp3) is 0.467. The highest BCUT2D eigenvalue weighted by Crippen LogP contribution is 2.16. The standard InChI is InChI=1S/C15H19N3O5/c1-3-9-23-15(21)18-8-4-7-17(18)13(19)12-6-5-11(10-16-12)14(20)22-2/h5-6,10H,3-4,7-9H2,1-2H3. The first-order valence-electron chi connectivity index (χ1n) is 7.39. The molecule has 124 valence electrons. The molecule has 1 fully saturated rings. The molecule has 0 bridgehead atoms. The van der Waals surface area contributed by atoms with Crippen LogP contribution in [-0.4, -0.2) is 59.8 Å². The smallest absolute Gasteiger partial charge is 0.428 e. The minimum atomic E-state index is -0.538. The van der Waals surface area contributed by atoms with E-state index in [1.54, 1.807) is 0 Å². The molecule has 0 aromatic carbocycles. The van der Waals surface area contributed by atoms with Gasteiger partial charge in [-0.15, -0.1) is 0 Å². The summed E-state index contributed by atoms with van der Waals surface area (Å²) in [4.78, 5) is 39.8. The zero-order chi connectivity index (χ0) is 16.8. The van der Waals surface area contributed by atoms with E-state index >= 15 is 0 Å². The predicted molar refractivity (Wildman–Crippen MR) is 79.6 cm³/mol. The number of hydrogen-bond donors (Lipinski definition) is 0. The summed E-state index contributed by atoms with van der Waals surface area (Å²) < 4.78 is 9.65. The first-order chi connectivity index (χ1) is 11.1. The minimum Gasteiger partial charge on any atom is -0.465 e. The Morgan fingerprint density at radius 3 is 2.57 bits per heavy atom. The van der Waals surface area contributed by atoms with Crippen molar-refractivity contribution in [2.24, 2.45) is 0 Å². The van der Waals surface area contributed by atoms with Crippen molar-refractivity contribution in [1.29, 1.82) is 0 Å². The second kappa shape index (κ2) is 7.57. The van der Waals surface area contributed by atoms with E-state index in [0.29, 0.717) is 32.5 Å². The van der Waals surface area contributed by atoms with Crippen LogP contribution >= 0.6 is 0 Å². The van der Waals surface area contributed by atoms with Crippen molar-refractivity contribution in [3.05, 3.63) is 29.6 Å². The van der Waals surface area contributed by atoms with Gasteiger partial charge in [0.05, 0.1) is 19.3 Å². The molecule has 1 saturated heterocycles. The fourth-order valence-corrected chi connectivity index (χ4v) is 2.17. The molecule has 1 aromatic rings. The van der Waals surface area contributed by atoms with Crippen molar-refractivity contribution >= 4 is 18.0 Å². The zero-order valence-corrected chi connectivity index (χ0v) is 13.2. The normalized spacial score (nSPS) is 13.8.